The van der Waals surface area contributed by atoms with Gasteiger partial charge in [0.15, 0.2) is 23.1 Å². The van der Waals surface area contributed by atoms with Crippen LogP contribution in [0.3, 0.4) is 0 Å². The number of Topliss-reactive ketones (excluding diaryl/α,β-unsaturated/α-hetero) is 2. The van der Waals surface area contributed by atoms with Crippen LogP contribution in [0.1, 0.15) is 31.8 Å². The number of halogens is 2. The van der Waals surface area contributed by atoms with Gasteiger partial charge in [0.25, 0.3) is 0 Å². The van der Waals surface area contributed by atoms with E-state index in [1.807, 2.05) is 0 Å². The molecule has 30 heavy (non-hydrogen) atoms. The van der Waals surface area contributed by atoms with E-state index in [1.165, 1.54) is 19.2 Å². The summed E-state index contributed by atoms with van der Waals surface area (Å²) in [6.45, 7) is 0.152. The summed E-state index contributed by atoms with van der Waals surface area (Å²) in [7, 11) is 1.50. The van der Waals surface area contributed by atoms with Crippen LogP contribution in [0.25, 0.3) is 6.08 Å². The highest BCUT2D eigenvalue weighted by atomic mass is 79.9. The van der Waals surface area contributed by atoms with Crippen LogP contribution in [0.4, 0.5) is 4.39 Å². The molecule has 150 valence electrons. The molecule has 0 saturated heterocycles. The average molecular weight is 467 g/mol. The normalized spacial score (nSPS) is 12.7. The molecule has 0 saturated carbocycles. The lowest BCUT2D eigenvalue weighted by atomic mass is 10.1. The third-order valence-electron chi connectivity index (χ3n) is 4.74. The van der Waals surface area contributed by atoms with Crippen molar-refractivity contribution in [3.63, 3.8) is 0 Å². The summed E-state index contributed by atoms with van der Waals surface area (Å²) in [6.07, 6.45) is 1.55. The predicted octanol–water partition coefficient (Wildman–Crippen LogP) is 5.64. The molecule has 6 heteroatoms. The summed E-state index contributed by atoms with van der Waals surface area (Å²) in [4.78, 5) is 25.2. The molecule has 0 aliphatic heterocycles. The molecule has 0 amide bonds. The molecule has 0 spiro atoms. The Morgan fingerprint density at radius 3 is 2.30 bits per heavy atom. The van der Waals surface area contributed by atoms with Crippen molar-refractivity contribution in [2.75, 3.05) is 7.11 Å². The van der Waals surface area contributed by atoms with Crippen molar-refractivity contribution in [2.45, 2.75) is 6.61 Å². The number of carbonyl (C=O) groups excluding carboxylic acids is 2. The Bertz CT molecular complexity index is 1160. The number of hydrogen-bond acceptors (Lipinski definition) is 4. The molecule has 0 N–H and O–H groups in total. The first kappa shape index (κ1) is 20.0. The number of carbonyl (C=O) groups is 2. The first-order valence-corrected chi connectivity index (χ1v) is 9.92. The summed E-state index contributed by atoms with van der Waals surface area (Å²) in [5.74, 6) is -0.0652. The van der Waals surface area contributed by atoms with Gasteiger partial charge in [0.2, 0.25) is 0 Å². The van der Waals surface area contributed by atoms with Gasteiger partial charge in [-0.3, -0.25) is 9.59 Å². The Morgan fingerprint density at radius 1 is 0.967 bits per heavy atom. The van der Waals surface area contributed by atoms with E-state index in [4.69, 9.17) is 9.47 Å². The van der Waals surface area contributed by atoms with Gasteiger partial charge in [-0.1, -0.05) is 36.4 Å². The Morgan fingerprint density at radius 2 is 1.67 bits per heavy atom. The molecular weight excluding hydrogens is 451 g/mol. The molecule has 0 bridgehead atoms. The highest BCUT2D eigenvalue weighted by molar-refractivity contribution is 9.10. The third-order valence-corrected chi connectivity index (χ3v) is 5.33. The SMILES string of the molecule is COc1cc(C=C2C(=O)c3ccccc3C2=O)cc(Br)c1OCc1cccc(F)c1. The molecule has 0 heterocycles. The minimum absolute atomic E-state index is 0.110. The Kier molecular flexibility index (Phi) is 5.50. The topological polar surface area (TPSA) is 52.6 Å². The average Bonchev–Trinajstić information content (AvgIpc) is 2.98. The van der Waals surface area contributed by atoms with Crippen LogP contribution in [0.5, 0.6) is 11.5 Å². The fourth-order valence-electron chi connectivity index (χ4n) is 3.32. The largest absolute Gasteiger partial charge is 0.493 e. The standard InChI is InChI=1S/C24H16BrFO4/c1-29-21-12-15(10-19-22(27)17-7-2-3-8-18(17)23(19)28)11-20(25)24(21)30-13-14-5-4-6-16(26)9-14/h2-12H,13H2,1H3. The maximum absolute atomic E-state index is 13.4. The summed E-state index contributed by atoms with van der Waals surface area (Å²) in [6, 6.07) is 16.3. The van der Waals surface area contributed by atoms with Gasteiger partial charge in [0.1, 0.15) is 12.4 Å². The first-order valence-electron chi connectivity index (χ1n) is 9.13. The molecule has 3 aromatic carbocycles. The van der Waals surface area contributed by atoms with Gasteiger partial charge in [0, 0.05) is 11.1 Å². The van der Waals surface area contributed by atoms with Gasteiger partial charge < -0.3 is 9.47 Å². The van der Waals surface area contributed by atoms with Crippen LogP contribution in [0.2, 0.25) is 0 Å². The monoisotopic (exact) mass is 466 g/mol. The second-order valence-corrected chi connectivity index (χ2v) is 7.57. The number of ketones is 2. The minimum Gasteiger partial charge on any atom is -0.493 e. The number of rotatable bonds is 5. The molecule has 0 radical (unpaired) electrons. The molecule has 4 rings (SSSR count). The van der Waals surface area contributed by atoms with Crippen molar-refractivity contribution in [1.29, 1.82) is 0 Å². The van der Waals surface area contributed by atoms with Crippen LogP contribution in [0, 0.1) is 5.82 Å². The quantitative estimate of drug-likeness (QED) is 0.360. The van der Waals surface area contributed by atoms with Gasteiger partial charge in [-0.25, -0.2) is 4.39 Å². The molecule has 0 aromatic heterocycles. The molecule has 0 fully saturated rings. The Labute approximate surface area is 181 Å². The van der Waals surface area contributed by atoms with Gasteiger partial charge in [-0.15, -0.1) is 0 Å². The lowest BCUT2D eigenvalue weighted by Crippen LogP contribution is -2.01. The van der Waals surface area contributed by atoms with E-state index in [-0.39, 0.29) is 29.6 Å². The van der Waals surface area contributed by atoms with E-state index in [9.17, 15) is 14.0 Å². The molecule has 0 atom stereocenters. The predicted molar refractivity (Wildman–Crippen MR) is 115 cm³/mol. The summed E-state index contributed by atoms with van der Waals surface area (Å²) in [5, 5.41) is 0. The fraction of sp³-hybridized carbons (Fsp3) is 0.0833. The first-order chi connectivity index (χ1) is 14.5. The molecule has 3 aromatic rings. The summed E-state index contributed by atoms with van der Waals surface area (Å²) in [5.41, 5.74) is 2.22. The van der Waals surface area contributed by atoms with E-state index in [2.05, 4.69) is 15.9 Å². The van der Waals surface area contributed by atoms with Gasteiger partial charge in [-0.05, 0) is 57.4 Å². The van der Waals surface area contributed by atoms with Gasteiger partial charge in [-0.2, -0.15) is 0 Å². The lowest BCUT2D eigenvalue weighted by molar-refractivity contribution is 0.0990. The second kappa shape index (κ2) is 8.24. The van der Waals surface area contributed by atoms with Crippen LogP contribution in [-0.4, -0.2) is 18.7 Å². The smallest absolute Gasteiger partial charge is 0.197 e. The maximum atomic E-state index is 13.4. The number of fused-ring (bicyclic) bond motifs is 1. The van der Waals surface area contributed by atoms with Crippen molar-refractivity contribution in [3.05, 3.63) is 98.8 Å². The molecule has 0 unspecified atom stereocenters. The number of methoxy groups -OCH3 is 1. The van der Waals surface area contributed by atoms with Crippen molar-refractivity contribution >= 4 is 33.6 Å². The van der Waals surface area contributed by atoms with Gasteiger partial charge >= 0.3 is 0 Å². The maximum Gasteiger partial charge on any atom is 0.197 e. The highest BCUT2D eigenvalue weighted by Gasteiger charge is 2.32. The van der Waals surface area contributed by atoms with Crippen LogP contribution in [-0.2, 0) is 6.61 Å². The highest BCUT2D eigenvalue weighted by Crippen LogP contribution is 2.38. The van der Waals surface area contributed by atoms with E-state index >= 15 is 0 Å². The summed E-state index contributed by atoms with van der Waals surface area (Å²) < 4.78 is 25.2. The Balaban J connectivity index is 1.64. The minimum atomic E-state index is -0.337. The van der Waals surface area contributed by atoms with Crippen LogP contribution < -0.4 is 9.47 Å². The lowest BCUT2D eigenvalue weighted by Gasteiger charge is -2.14. The van der Waals surface area contributed by atoms with Crippen LogP contribution >= 0.6 is 15.9 Å². The van der Waals surface area contributed by atoms with E-state index in [0.29, 0.717) is 38.2 Å². The van der Waals surface area contributed by atoms with Crippen molar-refractivity contribution in [3.8, 4) is 11.5 Å². The number of hydrogen-bond donors (Lipinski definition) is 0. The van der Waals surface area contributed by atoms with Crippen LogP contribution in [0.15, 0.2) is 70.7 Å². The third kappa shape index (κ3) is 3.78. The summed E-state index contributed by atoms with van der Waals surface area (Å²) >= 11 is 3.46. The van der Waals surface area contributed by atoms with Gasteiger partial charge in [0.05, 0.1) is 17.2 Å². The molecular formula is C24H16BrFO4. The van der Waals surface area contributed by atoms with Crippen molar-refractivity contribution in [2.24, 2.45) is 0 Å². The Hall–Kier alpha value is -3.25. The van der Waals surface area contributed by atoms with Crippen molar-refractivity contribution < 1.29 is 23.5 Å². The zero-order valence-corrected chi connectivity index (χ0v) is 17.5. The van der Waals surface area contributed by atoms with Crippen molar-refractivity contribution in [1.82, 2.24) is 0 Å². The second-order valence-electron chi connectivity index (χ2n) is 6.71. The fourth-order valence-corrected chi connectivity index (χ4v) is 3.89. The number of benzene rings is 3. The molecule has 1 aliphatic carbocycles. The van der Waals surface area contributed by atoms with E-state index in [0.717, 1.165) is 0 Å². The molecule has 4 nitrogen and oxygen atoms in total. The van der Waals surface area contributed by atoms with E-state index < -0.39 is 0 Å². The number of ether oxygens (including phenoxy) is 2. The number of allylic oxidation sites excluding steroid dienone is 1. The van der Waals surface area contributed by atoms with E-state index in [1.54, 1.807) is 54.6 Å². The zero-order valence-electron chi connectivity index (χ0n) is 15.9. The molecule has 1 aliphatic rings. The zero-order chi connectivity index (χ0) is 21.3.